The minimum absolute atomic E-state index is 0.0850. The molecule has 1 atom stereocenters. The summed E-state index contributed by atoms with van der Waals surface area (Å²) in [6.45, 7) is 6.03. The number of hydrogen-bond donors (Lipinski definition) is 1. The summed E-state index contributed by atoms with van der Waals surface area (Å²) in [5, 5.41) is 12.3. The molecule has 0 unspecified atom stereocenters. The predicted octanol–water partition coefficient (Wildman–Crippen LogP) is 4.10. The molecule has 2 heterocycles. The fourth-order valence-electron chi connectivity index (χ4n) is 2.80. The van der Waals surface area contributed by atoms with Crippen molar-refractivity contribution in [3.05, 3.63) is 48.4 Å². The number of nitrogens with zero attached hydrogens (tertiary/aromatic N) is 3. The minimum Gasteiger partial charge on any atom is -0.497 e. The number of methoxy groups -OCH3 is 1. The number of furan rings is 1. The van der Waals surface area contributed by atoms with Crippen LogP contribution in [-0.2, 0) is 4.79 Å². The lowest BCUT2D eigenvalue weighted by Gasteiger charge is -2.14. The van der Waals surface area contributed by atoms with Crippen LogP contribution in [0.2, 0.25) is 0 Å². The molecule has 2 aromatic heterocycles. The summed E-state index contributed by atoms with van der Waals surface area (Å²) in [5.74, 6) is 2.45. The van der Waals surface area contributed by atoms with Crippen LogP contribution in [0, 0.1) is 0 Å². The molecule has 1 aromatic carbocycles. The van der Waals surface area contributed by atoms with E-state index >= 15 is 0 Å². The molecule has 7 nitrogen and oxygen atoms in total. The van der Waals surface area contributed by atoms with Gasteiger partial charge in [-0.3, -0.25) is 9.36 Å². The molecule has 8 heteroatoms. The Balaban J connectivity index is 1.70. The van der Waals surface area contributed by atoms with Gasteiger partial charge < -0.3 is 14.5 Å². The summed E-state index contributed by atoms with van der Waals surface area (Å²) in [4.78, 5) is 12.3. The Labute approximate surface area is 168 Å². The number of hydrogen-bond acceptors (Lipinski definition) is 6. The molecule has 0 fully saturated rings. The van der Waals surface area contributed by atoms with Crippen LogP contribution in [0.4, 0.5) is 0 Å². The van der Waals surface area contributed by atoms with Crippen LogP contribution in [0.25, 0.3) is 11.4 Å². The number of rotatable bonds is 8. The summed E-state index contributed by atoms with van der Waals surface area (Å²) in [6.07, 6.45) is 1.60. The van der Waals surface area contributed by atoms with Crippen molar-refractivity contribution in [3.63, 3.8) is 0 Å². The average Bonchev–Trinajstić information content (AvgIpc) is 3.36. The van der Waals surface area contributed by atoms with Gasteiger partial charge in [-0.05, 0) is 57.2 Å². The van der Waals surface area contributed by atoms with Crippen molar-refractivity contribution < 1.29 is 13.9 Å². The van der Waals surface area contributed by atoms with Gasteiger partial charge in [0.1, 0.15) is 11.5 Å². The van der Waals surface area contributed by atoms with Crippen molar-refractivity contribution in [1.29, 1.82) is 0 Å². The molecule has 0 aliphatic heterocycles. The molecule has 3 aromatic rings. The molecule has 0 spiro atoms. The number of carbonyl (C=O) groups excluding carboxylic acids is 1. The monoisotopic (exact) mass is 400 g/mol. The highest BCUT2D eigenvalue weighted by Crippen LogP contribution is 2.28. The standard InChI is InChI=1S/C20H24N4O3S/c1-13(2)24-19(15-7-9-16(26-4)10-8-15)22-23-20(24)28-12-18(25)21-14(3)17-6-5-11-27-17/h5-11,13-14H,12H2,1-4H3,(H,21,25)/t14-/m0/s1. The molecule has 28 heavy (non-hydrogen) atoms. The molecule has 0 radical (unpaired) electrons. The normalized spacial score (nSPS) is 12.2. The SMILES string of the molecule is COc1ccc(-c2nnc(SCC(=O)N[C@@H](C)c3ccco3)n2C(C)C)cc1. The van der Waals surface area contributed by atoms with Gasteiger partial charge in [0.05, 0.1) is 25.2 Å². The van der Waals surface area contributed by atoms with E-state index in [1.807, 2.05) is 41.8 Å². The van der Waals surface area contributed by atoms with E-state index in [1.54, 1.807) is 19.4 Å². The number of thioether (sulfide) groups is 1. The fraction of sp³-hybridized carbons (Fsp3) is 0.350. The highest BCUT2D eigenvalue weighted by atomic mass is 32.2. The van der Waals surface area contributed by atoms with Crippen LogP contribution in [0.1, 0.15) is 38.6 Å². The van der Waals surface area contributed by atoms with E-state index in [0.717, 1.165) is 22.9 Å². The minimum atomic E-state index is -0.180. The first-order valence-corrected chi connectivity index (χ1v) is 10.0. The van der Waals surface area contributed by atoms with E-state index in [2.05, 4.69) is 29.4 Å². The van der Waals surface area contributed by atoms with Gasteiger partial charge in [0, 0.05) is 11.6 Å². The van der Waals surface area contributed by atoms with Gasteiger partial charge in [-0.25, -0.2) is 0 Å². The maximum Gasteiger partial charge on any atom is 0.231 e. The van der Waals surface area contributed by atoms with Gasteiger partial charge in [0.25, 0.3) is 0 Å². The third kappa shape index (κ3) is 4.56. The maximum absolute atomic E-state index is 12.3. The lowest BCUT2D eigenvalue weighted by molar-refractivity contribution is -0.119. The lowest BCUT2D eigenvalue weighted by Crippen LogP contribution is -2.28. The number of benzene rings is 1. The molecular formula is C20H24N4O3S. The predicted molar refractivity (Wildman–Crippen MR) is 108 cm³/mol. The summed E-state index contributed by atoms with van der Waals surface area (Å²) in [5.41, 5.74) is 0.949. The zero-order valence-corrected chi connectivity index (χ0v) is 17.2. The first-order chi connectivity index (χ1) is 13.5. The third-order valence-corrected chi connectivity index (χ3v) is 5.15. The molecule has 0 bridgehead atoms. The Morgan fingerprint density at radius 1 is 1.21 bits per heavy atom. The van der Waals surface area contributed by atoms with Crippen LogP contribution in [-0.4, -0.2) is 33.5 Å². The molecule has 0 aliphatic carbocycles. The first-order valence-electron chi connectivity index (χ1n) is 9.04. The molecule has 3 rings (SSSR count). The van der Waals surface area contributed by atoms with Crippen molar-refractivity contribution in [1.82, 2.24) is 20.1 Å². The highest BCUT2D eigenvalue weighted by molar-refractivity contribution is 7.99. The van der Waals surface area contributed by atoms with Gasteiger partial charge in [-0.2, -0.15) is 0 Å². The van der Waals surface area contributed by atoms with Crippen LogP contribution in [0.5, 0.6) is 5.75 Å². The largest absolute Gasteiger partial charge is 0.497 e. The van der Waals surface area contributed by atoms with E-state index in [-0.39, 0.29) is 23.7 Å². The second-order valence-corrected chi connectivity index (χ2v) is 7.53. The van der Waals surface area contributed by atoms with Crippen LogP contribution in [0.3, 0.4) is 0 Å². The van der Waals surface area contributed by atoms with Crippen molar-refractivity contribution in [2.45, 2.75) is 38.0 Å². The second kappa shape index (κ2) is 8.97. The van der Waals surface area contributed by atoms with Crippen LogP contribution in [0.15, 0.2) is 52.2 Å². The van der Waals surface area contributed by atoms with E-state index in [1.165, 1.54) is 11.8 Å². The van der Waals surface area contributed by atoms with Crippen LogP contribution < -0.4 is 10.1 Å². The van der Waals surface area contributed by atoms with Gasteiger partial charge >= 0.3 is 0 Å². The van der Waals surface area contributed by atoms with Gasteiger partial charge in [-0.1, -0.05) is 11.8 Å². The number of ether oxygens (including phenoxy) is 1. The number of amides is 1. The van der Waals surface area contributed by atoms with Gasteiger partial charge in [0.15, 0.2) is 11.0 Å². The molecule has 148 valence electrons. The Morgan fingerprint density at radius 2 is 1.96 bits per heavy atom. The molecular weight excluding hydrogens is 376 g/mol. The van der Waals surface area contributed by atoms with Gasteiger partial charge in [0.2, 0.25) is 5.91 Å². The fourth-order valence-corrected chi connectivity index (χ4v) is 3.68. The lowest BCUT2D eigenvalue weighted by atomic mass is 10.2. The van der Waals surface area contributed by atoms with Crippen molar-refractivity contribution in [2.24, 2.45) is 0 Å². The van der Waals surface area contributed by atoms with E-state index in [0.29, 0.717) is 5.16 Å². The Bertz CT molecular complexity index is 904. The quantitative estimate of drug-likeness (QED) is 0.573. The van der Waals surface area contributed by atoms with Crippen molar-refractivity contribution >= 4 is 17.7 Å². The third-order valence-electron chi connectivity index (χ3n) is 4.21. The van der Waals surface area contributed by atoms with E-state index in [4.69, 9.17) is 9.15 Å². The Hall–Kier alpha value is -2.74. The van der Waals surface area contributed by atoms with Gasteiger partial charge in [-0.15, -0.1) is 10.2 Å². The van der Waals surface area contributed by atoms with Crippen molar-refractivity contribution in [2.75, 3.05) is 12.9 Å². The summed E-state index contributed by atoms with van der Waals surface area (Å²) < 4.78 is 12.6. The molecule has 1 amide bonds. The summed E-state index contributed by atoms with van der Waals surface area (Å²) in [7, 11) is 1.64. The zero-order chi connectivity index (χ0) is 20.1. The topological polar surface area (TPSA) is 82.2 Å². The Kier molecular flexibility index (Phi) is 6.41. The van der Waals surface area contributed by atoms with Crippen LogP contribution >= 0.6 is 11.8 Å². The number of aromatic nitrogens is 3. The molecule has 0 saturated heterocycles. The molecule has 0 aliphatic rings. The maximum atomic E-state index is 12.3. The summed E-state index contributed by atoms with van der Waals surface area (Å²) >= 11 is 1.37. The first kappa shape index (κ1) is 20.0. The highest BCUT2D eigenvalue weighted by Gasteiger charge is 2.19. The number of carbonyl (C=O) groups is 1. The summed E-state index contributed by atoms with van der Waals surface area (Å²) in [6, 6.07) is 11.3. The molecule has 0 saturated carbocycles. The molecule has 1 N–H and O–H groups in total. The Morgan fingerprint density at radius 3 is 2.57 bits per heavy atom. The zero-order valence-electron chi connectivity index (χ0n) is 16.4. The van der Waals surface area contributed by atoms with E-state index in [9.17, 15) is 4.79 Å². The number of nitrogens with one attached hydrogen (secondary N) is 1. The average molecular weight is 401 g/mol. The van der Waals surface area contributed by atoms with E-state index < -0.39 is 0 Å². The van der Waals surface area contributed by atoms with Crippen molar-refractivity contribution in [3.8, 4) is 17.1 Å². The second-order valence-electron chi connectivity index (χ2n) is 6.59. The smallest absolute Gasteiger partial charge is 0.231 e.